The second-order valence-electron chi connectivity index (χ2n) is 5.61. The van der Waals surface area contributed by atoms with Gasteiger partial charge in [0.15, 0.2) is 0 Å². The van der Waals surface area contributed by atoms with Crippen LogP contribution in [-0.2, 0) is 6.54 Å². The third kappa shape index (κ3) is 4.51. The van der Waals surface area contributed by atoms with Gasteiger partial charge in [0.2, 0.25) is 0 Å². The van der Waals surface area contributed by atoms with Crippen LogP contribution in [0.25, 0.3) is 0 Å². The van der Waals surface area contributed by atoms with Gasteiger partial charge in [-0.05, 0) is 60.7 Å². The lowest BCUT2D eigenvalue weighted by atomic mass is 10.2. The van der Waals surface area contributed by atoms with Crippen LogP contribution in [-0.4, -0.2) is 17.3 Å². The molecule has 3 N–H and O–H groups in total. The van der Waals surface area contributed by atoms with Gasteiger partial charge in [0.05, 0.1) is 19.3 Å². The van der Waals surface area contributed by atoms with Gasteiger partial charge in [-0.15, -0.1) is 0 Å². The molecule has 0 radical (unpaired) electrons. The molecule has 0 saturated heterocycles. The number of methoxy groups -OCH3 is 1. The Bertz CT molecular complexity index is 891. The van der Waals surface area contributed by atoms with Crippen molar-refractivity contribution in [3.05, 3.63) is 72.3 Å². The molecule has 0 fully saturated rings. The van der Waals surface area contributed by atoms with Crippen molar-refractivity contribution in [2.24, 2.45) is 10.2 Å². The Hall–Kier alpha value is -3.54. The lowest BCUT2D eigenvalue weighted by molar-refractivity contribution is 0.415. The van der Waals surface area contributed by atoms with Gasteiger partial charge in [0, 0.05) is 23.0 Å². The van der Waals surface area contributed by atoms with E-state index in [0.717, 1.165) is 17.1 Å². The fourth-order valence-corrected chi connectivity index (χ4v) is 2.33. The Morgan fingerprint density at radius 3 is 2.15 bits per heavy atom. The maximum atomic E-state index is 9.72. The zero-order valence-electron chi connectivity index (χ0n) is 14.3. The molecule has 3 rings (SSSR count). The van der Waals surface area contributed by atoms with Crippen LogP contribution in [0.2, 0.25) is 0 Å². The molecule has 3 aromatic carbocycles. The molecule has 0 aliphatic heterocycles. The van der Waals surface area contributed by atoms with Crippen LogP contribution in [0.15, 0.2) is 77.0 Å². The van der Waals surface area contributed by atoms with Crippen LogP contribution in [0.5, 0.6) is 17.2 Å². The summed E-state index contributed by atoms with van der Waals surface area (Å²) in [5, 5.41) is 30.5. The maximum absolute atomic E-state index is 9.72. The highest BCUT2D eigenvalue weighted by Gasteiger charge is 2.01. The number of azo groups is 1. The van der Waals surface area contributed by atoms with Crippen LogP contribution in [0.4, 0.5) is 17.1 Å². The van der Waals surface area contributed by atoms with Crippen molar-refractivity contribution in [1.29, 1.82) is 0 Å². The number of anilines is 2. The largest absolute Gasteiger partial charge is 0.508 e. The number of ether oxygens (including phenoxy) is 1. The van der Waals surface area contributed by atoms with Crippen molar-refractivity contribution in [2.75, 3.05) is 12.4 Å². The van der Waals surface area contributed by atoms with Gasteiger partial charge in [0.25, 0.3) is 0 Å². The lowest BCUT2D eigenvalue weighted by Gasteiger charge is -2.07. The fourth-order valence-electron chi connectivity index (χ4n) is 2.33. The number of hydrogen-bond donors (Lipinski definition) is 3. The second kappa shape index (κ2) is 8.02. The molecule has 3 aromatic rings. The summed E-state index contributed by atoms with van der Waals surface area (Å²) in [5.74, 6) is 0.831. The number of nitrogens with one attached hydrogen (secondary N) is 1. The first-order valence-electron chi connectivity index (χ1n) is 8.03. The summed E-state index contributed by atoms with van der Waals surface area (Å²) in [4.78, 5) is 0. The average molecular weight is 349 g/mol. The van der Waals surface area contributed by atoms with E-state index in [0.29, 0.717) is 11.3 Å². The van der Waals surface area contributed by atoms with E-state index in [1.54, 1.807) is 13.2 Å². The van der Waals surface area contributed by atoms with E-state index in [2.05, 4.69) is 15.5 Å². The molecule has 0 aliphatic rings. The molecule has 0 amide bonds. The Morgan fingerprint density at radius 1 is 0.885 bits per heavy atom. The Morgan fingerprint density at radius 2 is 1.54 bits per heavy atom. The van der Waals surface area contributed by atoms with Gasteiger partial charge < -0.3 is 20.3 Å². The number of hydrogen-bond acceptors (Lipinski definition) is 6. The van der Waals surface area contributed by atoms with E-state index in [-0.39, 0.29) is 18.0 Å². The summed E-state index contributed by atoms with van der Waals surface area (Å²) in [5.41, 5.74) is 3.21. The van der Waals surface area contributed by atoms with Crippen molar-refractivity contribution in [3.8, 4) is 17.2 Å². The SMILES string of the molecule is COc1ccc(Nc2ccc(N=NCc3ccc(O)cc3O)cc2)cc1. The summed E-state index contributed by atoms with van der Waals surface area (Å²) >= 11 is 0. The molecule has 0 aliphatic carbocycles. The van der Waals surface area contributed by atoms with E-state index in [9.17, 15) is 10.2 Å². The molecule has 0 spiro atoms. The zero-order chi connectivity index (χ0) is 18.4. The molecule has 26 heavy (non-hydrogen) atoms. The van der Waals surface area contributed by atoms with Gasteiger partial charge in [-0.25, -0.2) is 0 Å². The summed E-state index contributed by atoms with van der Waals surface area (Å²) in [6, 6.07) is 19.6. The lowest BCUT2D eigenvalue weighted by Crippen LogP contribution is -1.90. The maximum Gasteiger partial charge on any atom is 0.124 e. The molecule has 0 unspecified atom stereocenters. The highest BCUT2D eigenvalue weighted by atomic mass is 16.5. The number of rotatable bonds is 6. The first-order chi connectivity index (χ1) is 12.6. The first-order valence-corrected chi connectivity index (χ1v) is 8.03. The second-order valence-corrected chi connectivity index (χ2v) is 5.61. The Balaban J connectivity index is 1.59. The smallest absolute Gasteiger partial charge is 0.124 e. The van der Waals surface area contributed by atoms with Crippen molar-refractivity contribution >= 4 is 17.1 Å². The molecular formula is C20H19N3O3. The highest BCUT2D eigenvalue weighted by Crippen LogP contribution is 2.25. The number of phenols is 2. The molecule has 6 nitrogen and oxygen atoms in total. The third-order valence-corrected chi connectivity index (χ3v) is 3.74. The van der Waals surface area contributed by atoms with Crippen LogP contribution in [0, 0.1) is 0 Å². The summed E-state index contributed by atoms with van der Waals surface area (Å²) < 4.78 is 5.14. The molecule has 132 valence electrons. The quantitative estimate of drug-likeness (QED) is 0.538. The van der Waals surface area contributed by atoms with Crippen LogP contribution < -0.4 is 10.1 Å². The third-order valence-electron chi connectivity index (χ3n) is 3.74. The van der Waals surface area contributed by atoms with Gasteiger partial charge in [-0.3, -0.25) is 0 Å². The normalized spacial score (nSPS) is 10.8. The molecular weight excluding hydrogens is 330 g/mol. The molecule has 0 saturated carbocycles. The summed E-state index contributed by atoms with van der Waals surface area (Å²) in [6.07, 6.45) is 0. The van der Waals surface area contributed by atoms with E-state index in [1.165, 1.54) is 12.1 Å². The molecule has 0 atom stereocenters. The molecule has 0 heterocycles. The standard InChI is InChI=1S/C20H19N3O3/c1-26-19-10-7-16(8-11-19)22-15-3-5-17(6-4-15)23-21-13-14-2-9-18(24)12-20(14)25/h2-12,22,24-25H,13H2,1H3. The molecule has 0 aromatic heterocycles. The fraction of sp³-hybridized carbons (Fsp3) is 0.100. The predicted octanol–water partition coefficient (Wildman–Crippen LogP) is 5.13. The van der Waals surface area contributed by atoms with Gasteiger partial charge in [-0.2, -0.15) is 10.2 Å². The van der Waals surface area contributed by atoms with E-state index < -0.39 is 0 Å². The number of benzene rings is 3. The van der Waals surface area contributed by atoms with Gasteiger partial charge in [-0.1, -0.05) is 0 Å². The molecule has 6 heteroatoms. The van der Waals surface area contributed by atoms with E-state index >= 15 is 0 Å². The van der Waals surface area contributed by atoms with Gasteiger partial charge in [0.1, 0.15) is 17.2 Å². The molecule has 0 bridgehead atoms. The van der Waals surface area contributed by atoms with Crippen molar-refractivity contribution in [3.63, 3.8) is 0 Å². The van der Waals surface area contributed by atoms with E-state index in [1.807, 2.05) is 48.5 Å². The van der Waals surface area contributed by atoms with E-state index in [4.69, 9.17) is 4.74 Å². The van der Waals surface area contributed by atoms with Gasteiger partial charge >= 0.3 is 0 Å². The Kier molecular flexibility index (Phi) is 5.34. The van der Waals surface area contributed by atoms with Crippen LogP contribution in [0.1, 0.15) is 5.56 Å². The monoisotopic (exact) mass is 349 g/mol. The minimum Gasteiger partial charge on any atom is -0.508 e. The topological polar surface area (TPSA) is 86.4 Å². The van der Waals surface area contributed by atoms with Crippen molar-refractivity contribution in [1.82, 2.24) is 0 Å². The summed E-state index contributed by atoms with van der Waals surface area (Å²) in [6.45, 7) is 0.234. The van der Waals surface area contributed by atoms with Crippen LogP contribution >= 0.6 is 0 Å². The number of phenolic OH excluding ortho intramolecular Hbond substituents is 2. The predicted molar refractivity (Wildman–Crippen MR) is 101 cm³/mol. The minimum atomic E-state index is 0.00277. The minimum absolute atomic E-state index is 0.00277. The first kappa shape index (κ1) is 17.3. The zero-order valence-corrected chi connectivity index (χ0v) is 14.3. The average Bonchev–Trinajstić information content (AvgIpc) is 2.65. The number of nitrogens with zero attached hydrogens (tertiary/aromatic N) is 2. The highest BCUT2D eigenvalue weighted by molar-refractivity contribution is 5.62. The van der Waals surface area contributed by atoms with Crippen molar-refractivity contribution in [2.45, 2.75) is 6.54 Å². The Labute approximate surface area is 151 Å². The van der Waals surface area contributed by atoms with Crippen LogP contribution in [0.3, 0.4) is 0 Å². The number of aromatic hydroxyl groups is 2. The van der Waals surface area contributed by atoms with Crippen molar-refractivity contribution < 1.29 is 14.9 Å². The summed E-state index contributed by atoms with van der Waals surface area (Å²) in [7, 11) is 1.64.